The molecule has 0 bridgehead atoms. The maximum absolute atomic E-state index is 13.3. The number of para-hydroxylation sites is 2. The number of benzene rings is 2. The van der Waals surface area contributed by atoms with Crippen molar-refractivity contribution in [1.29, 1.82) is 0 Å². The molecule has 0 radical (unpaired) electrons. The second-order valence-electron chi connectivity index (χ2n) is 7.50. The van der Waals surface area contributed by atoms with Crippen LogP contribution < -0.4 is 16.0 Å². The average Bonchev–Trinajstić information content (AvgIpc) is 2.93. The van der Waals surface area contributed by atoms with Crippen LogP contribution in [0.2, 0.25) is 0 Å². The Kier molecular flexibility index (Phi) is 8.98. The molecule has 1 heterocycles. The van der Waals surface area contributed by atoms with E-state index in [1.807, 2.05) is 55.5 Å². The molecule has 0 spiro atoms. The average molecular weight is 438 g/mol. The molecule has 0 fully saturated rings. The van der Waals surface area contributed by atoms with Gasteiger partial charge in [0.2, 0.25) is 11.8 Å². The fourth-order valence-electron chi connectivity index (χ4n) is 3.61. The minimum atomic E-state index is -0.174. The molecule has 0 aromatic heterocycles. The summed E-state index contributed by atoms with van der Waals surface area (Å²) in [5.41, 5.74) is 10.1. The second kappa shape index (κ2) is 12.1. The van der Waals surface area contributed by atoms with Crippen LogP contribution in [0.1, 0.15) is 30.9 Å². The first kappa shape index (κ1) is 23.7. The Hall–Kier alpha value is -3.00. The van der Waals surface area contributed by atoms with E-state index in [0.717, 1.165) is 28.1 Å². The largest absolute Gasteiger partial charge is 0.378 e. The van der Waals surface area contributed by atoms with E-state index in [4.69, 9.17) is 15.2 Å². The van der Waals surface area contributed by atoms with Crippen LogP contribution in [-0.4, -0.2) is 51.3 Å². The summed E-state index contributed by atoms with van der Waals surface area (Å²) in [5, 5.41) is 2.79. The fourth-order valence-corrected chi connectivity index (χ4v) is 3.61. The highest BCUT2D eigenvalue weighted by Gasteiger charge is 2.25. The highest BCUT2D eigenvalue weighted by atomic mass is 16.5. The van der Waals surface area contributed by atoms with E-state index >= 15 is 0 Å². The summed E-state index contributed by atoms with van der Waals surface area (Å²) in [4.78, 5) is 27.2. The Morgan fingerprint density at radius 1 is 0.906 bits per heavy atom. The fraction of sp³-hybridized carbons (Fsp3) is 0.360. The van der Waals surface area contributed by atoms with Gasteiger partial charge in [-0.3, -0.25) is 14.5 Å². The summed E-state index contributed by atoms with van der Waals surface area (Å²) in [6, 6.07) is 15.7. The van der Waals surface area contributed by atoms with Crippen LogP contribution in [0.3, 0.4) is 0 Å². The predicted molar refractivity (Wildman–Crippen MR) is 127 cm³/mol. The molecule has 7 nitrogen and oxygen atoms in total. The molecule has 2 aromatic rings. The minimum absolute atomic E-state index is 0.112. The summed E-state index contributed by atoms with van der Waals surface area (Å²) in [5.74, 6) is -0.288. The van der Waals surface area contributed by atoms with Gasteiger partial charge in [-0.2, -0.15) is 0 Å². The Morgan fingerprint density at radius 2 is 1.59 bits per heavy atom. The quantitative estimate of drug-likeness (QED) is 0.527. The number of ether oxygens (including phenoxy) is 2. The number of amides is 2. The monoisotopic (exact) mass is 437 g/mol. The number of anilines is 2. The molecule has 0 saturated carbocycles. The summed E-state index contributed by atoms with van der Waals surface area (Å²) in [6.07, 6.45) is 2.32. The molecule has 2 aromatic carbocycles. The van der Waals surface area contributed by atoms with Crippen molar-refractivity contribution < 1.29 is 19.1 Å². The molecule has 3 rings (SSSR count). The van der Waals surface area contributed by atoms with Crippen molar-refractivity contribution in [2.75, 3.05) is 44.4 Å². The maximum Gasteiger partial charge on any atom is 0.232 e. The van der Waals surface area contributed by atoms with Crippen LogP contribution in [0.5, 0.6) is 0 Å². The highest BCUT2D eigenvalue weighted by Crippen LogP contribution is 2.39. The number of allylic oxidation sites excluding steroid dienone is 1. The standard InChI is InChI=1S/C25H31N3O4/c1-19-18-20-6-2-4-8-22(20)28(23-9-5-3-7-21(19)23)25(30)11-10-24(29)27-13-15-32-17-16-31-14-12-26/h2-9,18H,10-17,26H2,1H3,(H,27,29). The number of hydrogen-bond donors (Lipinski definition) is 2. The van der Waals surface area contributed by atoms with Crippen molar-refractivity contribution in [2.24, 2.45) is 5.73 Å². The number of nitrogens with one attached hydrogen (secondary N) is 1. The van der Waals surface area contributed by atoms with Gasteiger partial charge in [-0.05, 0) is 36.3 Å². The second-order valence-corrected chi connectivity index (χ2v) is 7.50. The lowest BCUT2D eigenvalue weighted by Gasteiger charge is -2.25. The van der Waals surface area contributed by atoms with Crippen molar-refractivity contribution in [3.63, 3.8) is 0 Å². The van der Waals surface area contributed by atoms with E-state index in [2.05, 4.69) is 11.4 Å². The van der Waals surface area contributed by atoms with E-state index in [1.54, 1.807) is 4.90 Å². The number of nitrogens with two attached hydrogens (primary N) is 1. The summed E-state index contributed by atoms with van der Waals surface area (Å²) in [7, 11) is 0. The van der Waals surface area contributed by atoms with Crippen LogP contribution >= 0.6 is 0 Å². The molecular weight excluding hydrogens is 406 g/mol. The lowest BCUT2D eigenvalue weighted by molar-refractivity contribution is -0.125. The lowest BCUT2D eigenvalue weighted by Crippen LogP contribution is -2.31. The number of hydrogen-bond acceptors (Lipinski definition) is 5. The van der Waals surface area contributed by atoms with Gasteiger partial charge >= 0.3 is 0 Å². The zero-order chi connectivity index (χ0) is 22.8. The van der Waals surface area contributed by atoms with E-state index in [-0.39, 0.29) is 24.7 Å². The third kappa shape index (κ3) is 6.26. The molecule has 0 saturated heterocycles. The number of fused-ring (bicyclic) bond motifs is 2. The third-order valence-corrected chi connectivity index (χ3v) is 5.14. The Morgan fingerprint density at radius 3 is 2.38 bits per heavy atom. The molecule has 7 heteroatoms. The first-order valence-electron chi connectivity index (χ1n) is 10.9. The van der Waals surface area contributed by atoms with Crippen LogP contribution in [0.15, 0.2) is 48.5 Å². The van der Waals surface area contributed by atoms with Gasteiger partial charge in [-0.1, -0.05) is 36.4 Å². The first-order valence-corrected chi connectivity index (χ1v) is 10.9. The Labute approximate surface area is 189 Å². The Bertz CT molecular complexity index is 958. The molecule has 3 N–H and O–H groups in total. The third-order valence-electron chi connectivity index (χ3n) is 5.14. The number of rotatable bonds is 11. The van der Waals surface area contributed by atoms with E-state index in [1.165, 1.54) is 0 Å². The summed E-state index contributed by atoms with van der Waals surface area (Å²) in [6.45, 7) is 4.76. The topological polar surface area (TPSA) is 93.9 Å². The predicted octanol–water partition coefficient (Wildman–Crippen LogP) is 3.11. The van der Waals surface area contributed by atoms with Crippen molar-refractivity contribution in [3.8, 4) is 0 Å². The van der Waals surface area contributed by atoms with Gasteiger partial charge < -0.3 is 20.5 Å². The molecule has 1 aliphatic heterocycles. The van der Waals surface area contributed by atoms with Gasteiger partial charge in [-0.25, -0.2) is 0 Å². The van der Waals surface area contributed by atoms with Gasteiger partial charge in [0.05, 0.1) is 37.8 Å². The van der Waals surface area contributed by atoms with Gasteiger partial charge in [0.15, 0.2) is 0 Å². The molecule has 0 unspecified atom stereocenters. The summed E-state index contributed by atoms with van der Waals surface area (Å²) < 4.78 is 10.6. The molecule has 170 valence electrons. The van der Waals surface area contributed by atoms with Crippen molar-refractivity contribution in [2.45, 2.75) is 19.8 Å². The lowest BCUT2D eigenvalue weighted by atomic mass is 10.0. The smallest absolute Gasteiger partial charge is 0.232 e. The van der Waals surface area contributed by atoms with Gasteiger partial charge in [-0.15, -0.1) is 0 Å². The zero-order valence-electron chi connectivity index (χ0n) is 18.5. The number of nitrogens with zero attached hydrogens (tertiary/aromatic N) is 1. The highest BCUT2D eigenvalue weighted by molar-refractivity contribution is 6.08. The van der Waals surface area contributed by atoms with Crippen molar-refractivity contribution >= 4 is 34.8 Å². The molecule has 2 amide bonds. The van der Waals surface area contributed by atoms with E-state index in [9.17, 15) is 9.59 Å². The van der Waals surface area contributed by atoms with E-state index in [0.29, 0.717) is 39.5 Å². The zero-order valence-corrected chi connectivity index (χ0v) is 18.5. The van der Waals surface area contributed by atoms with E-state index < -0.39 is 0 Å². The molecule has 0 aliphatic carbocycles. The van der Waals surface area contributed by atoms with Gasteiger partial charge in [0.25, 0.3) is 0 Å². The Balaban J connectivity index is 1.56. The molecule has 1 aliphatic rings. The SMILES string of the molecule is CC1=Cc2ccccc2N(C(=O)CCC(=O)NCCOCCOCCN)c2ccccc21. The number of carbonyl (C=O) groups is 2. The maximum atomic E-state index is 13.3. The minimum Gasteiger partial charge on any atom is -0.378 e. The molecule has 0 atom stereocenters. The normalized spacial score (nSPS) is 12.4. The van der Waals surface area contributed by atoms with Crippen molar-refractivity contribution in [1.82, 2.24) is 5.32 Å². The summed E-state index contributed by atoms with van der Waals surface area (Å²) >= 11 is 0. The van der Waals surface area contributed by atoms with Gasteiger partial charge in [0.1, 0.15) is 0 Å². The van der Waals surface area contributed by atoms with Crippen LogP contribution in [0.4, 0.5) is 11.4 Å². The van der Waals surface area contributed by atoms with Gasteiger partial charge in [0, 0.05) is 31.5 Å². The van der Waals surface area contributed by atoms with Crippen LogP contribution in [0.25, 0.3) is 11.6 Å². The van der Waals surface area contributed by atoms with Crippen LogP contribution in [-0.2, 0) is 19.1 Å². The molecule has 32 heavy (non-hydrogen) atoms. The van der Waals surface area contributed by atoms with Crippen LogP contribution in [0, 0.1) is 0 Å². The first-order chi connectivity index (χ1) is 15.6. The van der Waals surface area contributed by atoms with Crippen molar-refractivity contribution in [3.05, 3.63) is 59.7 Å². The molecular formula is C25H31N3O4. The number of carbonyl (C=O) groups excluding carboxylic acids is 2.